The van der Waals surface area contributed by atoms with E-state index in [1.165, 1.54) is 14.2 Å². The Morgan fingerprint density at radius 2 is 2.18 bits per heavy atom. The maximum atomic E-state index is 10.7. The molecule has 11 heavy (non-hydrogen) atoms. The molecule has 0 aromatic rings. The average Bonchev–Trinajstić information content (AvgIpc) is 2.05. The van der Waals surface area contributed by atoms with E-state index in [-0.39, 0.29) is 0 Å². The van der Waals surface area contributed by atoms with Crippen LogP contribution in [0, 0.1) is 5.92 Å². The molecule has 64 valence electrons. The highest BCUT2D eigenvalue weighted by atomic mass is 16.5. The molecule has 4 nitrogen and oxygen atoms in total. The smallest absolute Gasteiger partial charge is 0.315 e. The van der Waals surface area contributed by atoms with E-state index in [1.807, 2.05) is 0 Å². The van der Waals surface area contributed by atoms with E-state index < -0.39 is 11.9 Å². The van der Waals surface area contributed by atoms with Crippen molar-refractivity contribution in [2.75, 3.05) is 20.8 Å². The molecule has 0 N–H and O–H groups in total. The molecule has 0 bridgehead atoms. The molecular formula is C7H12O4. The largest absolute Gasteiger partial charge is 0.468 e. The van der Waals surface area contributed by atoms with Crippen LogP contribution in [0.15, 0.2) is 0 Å². The van der Waals surface area contributed by atoms with Crippen LogP contribution in [-0.2, 0) is 19.1 Å². The number of hydrogen-bond donors (Lipinski definition) is 0. The highest BCUT2D eigenvalue weighted by Crippen LogP contribution is 2.01. The standard InChI is InChI=1S/C7H12O4/c1-10-4-3-6(5-8)7(9)11-2/h5-6H,3-4H2,1-2H3/t6-/m1/s1. The molecule has 0 heterocycles. The lowest BCUT2D eigenvalue weighted by Crippen LogP contribution is -2.19. The third-order valence-corrected chi connectivity index (χ3v) is 1.30. The van der Waals surface area contributed by atoms with Crippen molar-refractivity contribution in [2.24, 2.45) is 5.92 Å². The molecule has 0 amide bonds. The summed E-state index contributed by atoms with van der Waals surface area (Å²) in [6.07, 6.45) is 0.956. The van der Waals surface area contributed by atoms with E-state index in [4.69, 9.17) is 4.74 Å². The quantitative estimate of drug-likeness (QED) is 0.323. The molecular weight excluding hydrogens is 148 g/mol. The topological polar surface area (TPSA) is 52.6 Å². The van der Waals surface area contributed by atoms with Crippen LogP contribution in [-0.4, -0.2) is 33.1 Å². The van der Waals surface area contributed by atoms with Gasteiger partial charge in [0.25, 0.3) is 0 Å². The van der Waals surface area contributed by atoms with Crippen LogP contribution in [0.3, 0.4) is 0 Å². The zero-order valence-corrected chi connectivity index (χ0v) is 6.70. The summed E-state index contributed by atoms with van der Waals surface area (Å²) in [7, 11) is 2.77. The third-order valence-electron chi connectivity index (χ3n) is 1.30. The van der Waals surface area contributed by atoms with Crippen molar-refractivity contribution in [3.8, 4) is 0 Å². The van der Waals surface area contributed by atoms with Gasteiger partial charge in [-0.15, -0.1) is 0 Å². The van der Waals surface area contributed by atoms with Crippen molar-refractivity contribution in [2.45, 2.75) is 6.42 Å². The number of carbonyl (C=O) groups excluding carboxylic acids is 2. The van der Waals surface area contributed by atoms with Crippen LogP contribution in [0.1, 0.15) is 6.42 Å². The Morgan fingerprint density at radius 3 is 2.55 bits per heavy atom. The first-order valence-electron chi connectivity index (χ1n) is 3.28. The van der Waals surface area contributed by atoms with Gasteiger partial charge in [0, 0.05) is 13.7 Å². The molecule has 0 aromatic carbocycles. The zero-order valence-electron chi connectivity index (χ0n) is 6.70. The number of rotatable bonds is 5. The summed E-state index contributed by atoms with van der Waals surface area (Å²) in [4.78, 5) is 21.0. The van der Waals surface area contributed by atoms with Crippen molar-refractivity contribution in [3.05, 3.63) is 0 Å². The van der Waals surface area contributed by atoms with Gasteiger partial charge < -0.3 is 14.3 Å². The molecule has 0 fully saturated rings. The molecule has 0 spiro atoms. The lowest BCUT2D eigenvalue weighted by molar-refractivity contribution is -0.147. The van der Waals surface area contributed by atoms with Gasteiger partial charge >= 0.3 is 5.97 Å². The van der Waals surface area contributed by atoms with Gasteiger partial charge in [-0.05, 0) is 6.42 Å². The fourth-order valence-electron chi connectivity index (χ4n) is 0.638. The molecule has 0 aromatic heterocycles. The summed E-state index contributed by atoms with van der Waals surface area (Å²) in [5.41, 5.74) is 0. The molecule has 4 heteroatoms. The van der Waals surface area contributed by atoms with E-state index in [1.54, 1.807) is 0 Å². The van der Waals surface area contributed by atoms with Gasteiger partial charge in [0.15, 0.2) is 0 Å². The third kappa shape index (κ3) is 3.72. The van der Waals surface area contributed by atoms with Crippen LogP contribution in [0.4, 0.5) is 0 Å². The van der Waals surface area contributed by atoms with Gasteiger partial charge in [-0.2, -0.15) is 0 Å². The predicted octanol–water partition coefficient (Wildman–Crippen LogP) is 0.0110. The molecule has 1 atom stereocenters. The van der Waals surface area contributed by atoms with Crippen LogP contribution in [0.2, 0.25) is 0 Å². The number of methoxy groups -OCH3 is 2. The molecule has 0 aliphatic rings. The van der Waals surface area contributed by atoms with Gasteiger partial charge in [-0.1, -0.05) is 0 Å². The molecule has 0 radical (unpaired) electrons. The normalized spacial score (nSPS) is 12.2. The van der Waals surface area contributed by atoms with Crippen LogP contribution in [0.5, 0.6) is 0 Å². The van der Waals surface area contributed by atoms with E-state index in [9.17, 15) is 9.59 Å². The van der Waals surface area contributed by atoms with Gasteiger partial charge in [0.2, 0.25) is 0 Å². The number of aldehydes is 1. The van der Waals surface area contributed by atoms with E-state index >= 15 is 0 Å². The molecule has 0 saturated carbocycles. The minimum Gasteiger partial charge on any atom is -0.468 e. The van der Waals surface area contributed by atoms with E-state index in [0.717, 1.165) is 0 Å². The molecule has 0 aliphatic heterocycles. The number of carbonyl (C=O) groups is 2. The van der Waals surface area contributed by atoms with Crippen molar-refractivity contribution in [1.29, 1.82) is 0 Å². The van der Waals surface area contributed by atoms with Crippen LogP contribution in [0.25, 0.3) is 0 Å². The maximum absolute atomic E-state index is 10.7. The van der Waals surface area contributed by atoms with Crippen molar-refractivity contribution < 1.29 is 19.1 Å². The lowest BCUT2D eigenvalue weighted by Gasteiger charge is -2.05. The van der Waals surface area contributed by atoms with E-state index in [2.05, 4.69) is 4.74 Å². The predicted molar refractivity (Wildman–Crippen MR) is 38.1 cm³/mol. The monoisotopic (exact) mass is 160 g/mol. The Bertz CT molecular complexity index is 132. The first-order chi connectivity index (χ1) is 5.26. The van der Waals surface area contributed by atoms with Crippen molar-refractivity contribution in [1.82, 2.24) is 0 Å². The Hall–Kier alpha value is -0.900. The summed E-state index contributed by atoms with van der Waals surface area (Å²) in [5.74, 6) is -1.18. The summed E-state index contributed by atoms with van der Waals surface area (Å²) in [5, 5.41) is 0. The Kier molecular flexibility index (Phi) is 5.37. The van der Waals surface area contributed by atoms with Crippen LogP contribution < -0.4 is 0 Å². The molecule has 0 aliphatic carbocycles. The highest BCUT2D eigenvalue weighted by Gasteiger charge is 2.16. The second-order valence-electron chi connectivity index (χ2n) is 2.05. The van der Waals surface area contributed by atoms with Crippen molar-refractivity contribution in [3.63, 3.8) is 0 Å². The Morgan fingerprint density at radius 1 is 1.55 bits per heavy atom. The van der Waals surface area contributed by atoms with Gasteiger partial charge in [0.1, 0.15) is 12.2 Å². The molecule has 0 saturated heterocycles. The van der Waals surface area contributed by atoms with Gasteiger partial charge in [-0.3, -0.25) is 4.79 Å². The molecule has 0 rings (SSSR count). The summed E-state index contributed by atoms with van der Waals surface area (Å²) in [6.45, 7) is 0.387. The maximum Gasteiger partial charge on any atom is 0.315 e. The number of hydrogen-bond acceptors (Lipinski definition) is 4. The zero-order chi connectivity index (χ0) is 8.69. The van der Waals surface area contributed by atoms with Gasteiger partial charge in [-0.25, -0.2) is 0 Å². The number of ether oxygens (including phenoxy) is 2. The summed E-state index contributed by atoms with van der Waals surface area (Å²) < 4.78 is 9.08. The SMILES string of the molecule is COCC[C@H](C=O)C(=O)OC. The second-order valence-corrected chi connectivity index (χ2v) is 2.05. The van der Waals surface area contributed by atoms with E-state index in [0.29, 0.717) is 19.3 Å². The lowest BCUT2D eigenvalue weighted by atomic mass is 10.1. The van der Waals surface area contributed by atoms with Crippen molar-refractivity contribution >= 4 is 12.3 Å². The fourth-order valence-corrected chi connectivity index (χ4v) is 0.638. The Labute approximate surface area is 65.5 Å². The van der Waals surface area contributed by atoms with Gasteiger partial charge in [0.05, 0.1) is 7.11 Å². The average molecular weight is 160 g/mol. The fraction of sp³-hybridized carbons (Fsp3) is 0.714. The Balaban J connectivity index is 3.74. The van der Waals surface area contributed by atoms with Crippen LogP contribution >= 0.6 is 0 Å². The summed E-state index contributed by atoms with van der Waals surface area (Å²) >= 11 is 0. The highest BCUT2D eigenvalue weighted by molar-refractivity contribution is 5.87. The summed E-state index contributed by atoms with van der Waals surface area (Å²) in [6, 6.07) is 0. The minimum absolute atomic E-state index is 0.382. The minimum atomic E-state index is -0.681. The number of esters is 1. The molecule has 0 unspecified atom stereocenters. The first kappa shape index (κ1) is 10.1. The first-order valence-corrected chi connectivity index (χ1v) is 3.28. The second kappa shape index (κ2) is 5.85.